The number of pyridine rings is 2. The first-order valence-corrected chi connectivity index (χ1v) is 9.55. The van der Waals surface area contributed by atoms with E-state index in [4.69, 9.17) is 17.3 Å². The monoisotopic (exact) mass is 452 g/mol. The van der Waals surface area contributed by atoms with Crippen molar-refractivity contribution in [2.24, 2.45) is 0 Å². The number of nitrogens with two attached hydrogens (primary N) is 1. The quantitative estimate of drug-likeness (QED) is 0.459. The molecule has 0 saturated carbocycles. The molecule has 6 nitrogen and oxygen atoms in total. The van der Waals surface area contributed by atoms with Gasteiger partial charge in [0, 0.05) is 35.1 Å². The Labute approximate surface area is 174 Å². The van der Waals surface area contributed by atoms with Gasteiger partial charge in [-0.1, -0.05) is 35.9 Å². The van der Waals surface area contributed by atoms with Crippen molar-refractivity contribution < 1.29 is 0 Å². The summed E-state index contributed by atoms with van der Waals surface area (Å²) in [4.78, 5) is 8.56. The van der Waals surface area contributed by atoms with Gasteiger partial charge in [0.2, 0.25) is 0 Å². The smallest absolute Gasteiger partial charge is 0.164 e. The van der Waals surface area contributed by atoms with Gasteiger partial charge in [-0.05, 0) is 33.6 Å². The van der Waals surface area contributed by atoms with Crippen LogP contribution in [0.25, 0.3) is 16.8 Å². The van der Waals surface area contributed by atoms with Crippen molar-refractivity contribution in [3.63, 3.8) is 0 Å². The molecule has 28 heavy (non-hydrogen) atoms. The van der Waals surface area contributed by atoms with Gasteiger partial charge < -0.3 is 11.1 Å². The molecule has 3 heterocycles. The molecule has 1 aromatic carbocycles. The maximum atomic E-state index is 9.99. The molecule has 4 aromatic rings. The number of nitrogen functional groups attached to an aromatic ring is 1. The number of imidazole rings is 1. The molecule has 0 fully saturated rings. The summed E-state index contributed by atoms with van der Waals surface area (Å²) in [6, 6.07) is 13.4. The second-order valence-corrected chi connectivity index (χ2v) is 7.28. The van der Waals surface area contributed by atoms with E-state index in [9.17, 15) is 5.26 Å². The van der Waals surface area contributed by atoms with Gasteiger partial charge in [-0.3, -0.25) is 9.38 Å². The SMILES string of the molecule is N#Cc1c(-c2ccccc2Cl)c(N)n2c(Br)cnc2c1NCc1cccnc1. The highest BCUT2D eigenvalue weighted by Gasteiger charge is 2.23. The number of nitriles is 1. The van der Waals surface area contributed by atoms with Crippen molar-refractivity contribution in [2.75, 3.05) is 11.1 Å². The van der Waals surface area contributed by atoms with Crippen LogP contribution in [0.15, 0.2) is 59.6 Å². The van der Waals surface area contributed by atoms with E-state index in [1.807, 2.05) is 30.3 Å². The molecule has 0 aliphatic rings. The summed E-state index contributed by atoms with van der Waals surface area (Å²) in [7, 11) is 0. The fourth-order valence-corrected chi connectivity index (χ4v) is 3.81. The molecule has 8 heteroatoms. The number of halogens is 2. The topological polar surface area (TPSA) is 92.0 Å². The molecule has 3 aromatic heterocycles. The highest BCUT2D eigenvalue weighted by atomic mass is 79.9. The first-order chi connectivity index (χ1) is 13.6. The summed E-state index contributed by atoms with van der Waals surface area (Å²) in [5, 5.41) is 13.8. The molecule has 138 valence electrons. The van der Waals surface area contributed by atoms with E-state index >= 15 is 0 Å². The van der Waals surface area contributed by atoms with E-state index in [1.165, 1.54) is 0 Å². The predicted molar refractivity (Wildman–Crippen MR) is 114 cm³/mol. The first kappa shape index (κ1) is 18.3. The lowest BCUT2D eigenvalue weighted by Crippen LogP contribution is -2.09. The van der Waals surface area contributed by atoms with Crippen LogP contribution in [-0.2, 0) is 6.54 Å². The number of rotatable bonds is 4. The standard InChI is InChI=1S/C20H14BrClN6/c21-16-11-27-20-18(26-10-12-4-3-7-25-9-12)14(8-23)17(19(24)28(16)20)13-5-1-2-6-15(13)22/h1-7,9,11,26H,10,24H2. The molecule has 0 amide bonds. The van der Waals surface area contributed by atoms with Crippen molar-refractivity contribution in [3.05, 3.63) is 75.7 Å². The van der Waals surface area contributed by atoms with Gasteiger partial charge in [0.15, 0.2) is 5.65 Å². The molecular formula is C20H14BrClN6. The number of anilines is 2. The van der Waals surface area contributed by atoms with Crippen molar-refractivity contribution in [1.29, 1.82) is 5.26 Å². The first-order valence-electron chi connectivity index (χ1n) is 8.38. The number of fused-ring (bicyclic) bond motifs is 1. The van der Waals surface area contributed by atoms with Crippen molar-refractivity contribution in [1.82, 2.24) is 14.4 Å². The van der Waals surface area contributed by atoms with Gasteiger partial charge in [-0.15, -0.1) is 0 Å². The normalized spacial score (nSPS) is 10.8. The minimum absolute atomic E-state index is 0.385. The third kappa shape index (κ3) is 3.07. The lowest BCUT2D eigenvalue weighted by molar-refractivity contribution is 1.09. The van der Waals surface area contributed by atoms with Crippen LogP contribution in [0.4, 0.5) is 11.5 Å². The molecular weight excluding hydrogens is 440 g/mol. The van der Waals surface area contributed by atoms with E-state index < -0.39 is 0 Å². The molecule has 3 N–H and O–H groups in total. The van der Waals surface area contributed by atoms with E-state index in [1.54, 1.807) is 29.1 Å². The van der Waals surface area contributed by atoms with Crippen molar-refractivity contribution in [2.45, 2.75) is 6.54 Å². The second-order valence-electron chi connectivity index (χ2n) is 6.06. The Kier molecular flexibility index (Phi) is 4.90. The zero-order valence-corrected chi connectivity index (χ0v) is 16.9. The van der Waals surface area contributed by atoms with Crippen LogP contribution in [0.5, 0.6) is 0 Å². The number of benzene rings is 1. The Morgan fingerprint density at radius 1 is 1.21 bits per heavy atom. The molecule has 0 saturated heterocycles. The zero-order valence-electron chi connectivity index (χ0n) is 14.5. The number of aromatic nitrogens is 3. The Hall–Kier alpha value is -3.08. The predicted octanol–water partition coefficient (Wildman–Crippen LogP) is 4.88. The van der Waals surface area contributed by atoms with E-state index in [-0.39, 0.29) is 0 Å². The van der Waals surface area contributed by atoms with Crippen LogP contribution >= 0.6 is 27.5 Å². The minimum Gasteiger partial charge on any atom is -0.384 e. The number of nitrogens with one attached hydrogen (secondary N) is 1. The fourth-order valence-electron chi connectivity index (χ4n) is 3.12. The molecule has 0 radical (unpaired) electrons. The zero-order chi connectivity index (χ0) is 19.7. The van der Waals surface area contributed by atoms with Crippen LogP contribution in [0.2, 0.25) is 5.02 Å². The Bertz CT molecular complexity index is 1210. The Balaban J connectivity index is 1.97. The summed E-state index contributed by atoms with van der Waals surface area (Å²) in [5.74, 6) is 0.385. The molecule has 0 bridgehead atoms. The van der Waals surface area contributed by atoms with Gasteiger partial charge in [-0.2, -0.15) is 5.26 Å². The van der Waals surface area contributed by atoms with Crippen molar-refractivity contribution in [3.8, 4) is 17.2 Å². The van der Waals surface area contributed by atoms with Crippen LogP contribution in [-0.4, -0.2) is 14.4 Å². The Morgan fingerprint density at radius 3 is 2.75 bits per heavy atom. The van der Waals surface area contributed by atoms with Crippen LogP contribution in [0, 0.1) is 11.3 Å². The average Bonchev–Trinajstić information content (AvgIpc) is 3.10. The minimum atomic E-state index is 0.385. The summed E-state index contributed by atoms with van der Waals surface area (Å²) >= 11 is 9.91. The highest BCUT2D eigenvalue weighted by molar-refractivity contribution is 9.10. The Morgan fingerprint density at radius 2 is 2.04 bits per heavy atom. The fraction of sp³-hybridized carbons (Fsp3) is 0.0500. The molecule has 4 rings (SSSR count). The lowest BCUT2D eigenvalue weighted by Gasteiger charge is -2.18. The van der Waals surface area contributed by atoms with Crippen LogP contribution < -0.4 is 11.1 Å². The number of nitrogens with zero attached hydrogens (tertiary/aromatic N) is 4. The highest BCUT2D eigenvalue weighted by Crippen LogP contribution is 2.41. The molecule has 0 unspecified atom stereocenters. The van der Waals surface area contributed by atoms with E-state index in [0.29, 0.717) is 50.0 Å². The van der Waals surface area contributed by atoms with E-state index in [0.717, 1.165) is 5.56 Å². The van der Waals surface area contributed by atoms with Gasteiger partial charge in [0.25, 0.3) is 0 Å². The summed E-state index contributed by atoms with van der Waals surface area (Å²) in [6.45, 7) is 0.481. The summed E-state index contributed by atoms with van der Waals surface area (Å²) in [6.07, 6.45) is 5.13. The molecule has 0 aliphatic carbocycles. The second kappa shape index (κ2) is 7.50. The van der Waals surface area contributed by atoms with E-state index in [2.05, 4.69) is 37.3 Å². The lowest BCUT2D eigenvalue weighted by atomic mass is 9.99. The third-order valence-electron chi connectivity index (χ3n) is 4.39. The average molecular weight is 454 g/mol. The van der Waals surface area contributed by atoms with Crippen molar-refractivity contribution >= 4 is 44.7 Å². The molecule has 0 aliphatic heterocycles. The number of hydrogen-bond acceptors (Lipinski definition) is 5. The number of hydrogen-bond donors (Lipinski definition) is 2. The summed E-state index contributed by atoms with van der Waals surface area (Å²) < 4.78 is 2.44. The van der Waals surface area contributed by atoms with Gasteiger partial charge in [0.05, 0.1) is 17.4 Å². The van der Waals surface area contributed by atoms with Gasteiger partial charge in [-0.25, -0.2) is 4.98 Å². The van der Waals surface area contributed by atoms with Gasteiger partial charge >= 0.3 is 0 Å². The largest absolute Gasteiger partial charge is 0.384 e. The molecule has 0 atom stereocenters. The maximum absolute atomic E-state index is 9.99. The maximum Gasteiger partial charge on any atom is 0.164 e. The third-order valence-corrected chi connectivity index (χ3v) is 5.28. The van der Waals surface area contributed by atoms with Gasteiger partial charge in [0.1, 0.15) is 16.5 Å². The van der Waals surface area contributed by atoms with Crippen LogP contribution in [0.3, 0.4) is 0 Å². The van der Waals surface area contributed by atoms with Crippen LogP contribution in [0.1, 0.15) is 11.1 Å². The molecule has 0 spiro atoms. The summed E-state index contributed by atoms with van der Waals surface area (Å²) in [5.41, 5.74) is 10.2.